The minimum atomic E-state index is 0.0846. The number of ether oxygens (including phenoxy) is 1. The first-order valence-corrected chi connectivity index (χ1v) is 10.8. The highest BCUT2D eigenvalue weighted by Crippen LogP contribution is 2.42. The number of fused-ring (bicyclic) bond motifs is 1. The highest BCUT2D eigenvalue weighted by atomic mass is 35.5. The SMILES string of the molecule is CO[C@@H]1C[C@H]2CN(C(=O)c3ccc(Cl)s3)C[C@H]2C[C@H]1n1cc(CN(C)C)nn1. The van der Waals surface area contributed by atoms with E-state index in [1.807, 2.05) is 35.9 Å². The van der Waals surface area contributed by atoms with E-state index in [1.165, 1.54) is 11.3 Å². The van der Waals surface area contributed by atoms with Crippen LogP contribution in [0.4, 0.5) is 0 Å². The topological polar surface area (TPSA) is 63.5 Å². The van der Waals surface area contributed by atoms with Gasteiger partial charge >= 0.3 is 0 Å². The van der Waals surface area contributed by atoms with E-state index < -0.39 is 0 Å². The predicted octanol–water partition coefficient (Wildman–Crippen LogP) is 2.79. The van der Waals surface area contributed by atoms with Gasteiger partial charge in [0.1, 0.15) is 0 Å². The van der Waals surface area contributed by atoms with Crippen LogP contribution in [0.25, 0.3) is 0 Å². The Morgan fingerprint density at radius 1 is 1.32 bits per heavy atom. The summed E-state index contributed by atoms with van der Waals surface area (Å²) in [4.78, 5) is 17.6. The summed E-state index contributed by atoms with van der Waals surface area (Å²) in [6.45, 7) is 2.34. The molecule has 1 aliphatic carbocycles. The zero-order chi connectivity index (χ0) is 19.8. The second-order valence-corrected chi connectivity index (χ2v) is 9.79. The van der Waals surface area contributed by atoms with E-state index in [2.05, 4.69) is 15.2 Å². The lowest BCUT2D eigenvalue weighted by Crippen LogP contribution is -2.37. The Bertz CT molecular complexity index is 838. The van der Waals surface area contributed by atoms with Gasteiger partial charge < -0.3 is 14.5 Å². The molecule has 0 bridgehead atoms. The summed E-state index contributed by atoms with van der Waals surface area (Å²) in [5.41, 5.74) is 0.958. The number of carbonyl (C=O) groups is 1. The highest BCUT2D eigenvalue weighted by molar-refractivity contribution is 7.17. The smallest absolute Gasteiger partial charge is 0.263 e. The highest BCUT2D eigenvalue weighted by Gasteiger charge is 2.44. The van der Waals surface area contributed by atoms with Crippen LogP contribution in [0.1, 0.15) is 34.2 Å². The average Bonchev–Trinajstić information content (AvgIpc) is 3.38. The summed E-state index contributed by atoms with van der Waals surface area (Å²) in [5, 5.41) is 8.69. The van der Waals surface area contributed by atoms with Crippen LogP contribution >= 0.6 is 22.9 Å². The summed E-state index contributed by atoms with van der Waals surface area (Å²) in [7, 11) is 5.81. The number of methoxy groups -OCH3 is 1. The van der Waals surface area contributed by atoms with Crippen LogP contribution in [-0.2, 0) is 11.3 Å². The van der Waals surface area contributed by atoms with Gasteiger partial charge in [0.2, 0.25) is 0 Å². The largest absolute Gasteiger partial charge is 0.379 e. The number of thiophene rings is 1. The number of rotatable bonds is 5. The Balaban J connectivity index is 1.47. The fourth-order valence-corrected chi connectivity index (χ4v) is 5.56. The van der Waals surface area contributed by atoms with Crippen molar-refractivity contribution in [3.8, 4) is 0 Å². The molecule has 2 aliphatic rings. The van der Waals surface area contributed by atoms with E-state index in [1.54, 1.807) is 13.2 Å². The molecule has 152 valence electrons. The average molecular weight is 424 g/mol. The number of hydrogen-bond acceptors (Lipinski definition) is 6. The van der Waals surface area contributed by atoms with Gasteiger partial charge in [-0.15, -0.1) is 16.4 Å². The van der Waals surface area contributed by atoms with E-state index in [4.69, 9.17) is 16.3 Å². The van der Waals surface area contributed by atoms with Crippen molar-refractivity contribution in [2.45, 2.75) is 31.5 Å². The maximum atomic E-state index is 12.8. The standard InChI is InChI=1S/C19H26ClN5O2S/c1-23(2)10-14-11-25(22-21-14)15-6-12-8-24(9-13(12)7-16(15)27-3)19(26)17-4-5-18(20)28-17/h4-5,11-13,15-16H,6-10H2,1-3H3/t12-,13+,15-,16-/m1/s1. The van der Waals surface area contributed by atoms with E-state index in [-0.39, 0.29) is 18.1 Å². The van der Waals surface area contributed by atoms with E-state index in [9.17, 15) is 4.79 Å². The first kappa shape index (κ1) is 19.8. The van der Waals surface area contributed by atoms with Crippen LogP contribution in [0.2, 0.25) is 4.34 Å². The molecule has 1 amide bonds. The molecule has 0 spiro atoms. The van der Waals surface area contributed by atoms with Gasteiger partial charge in [-0.1, -0.05) is 16.8 Å². The van der Waals surface area contributed by atoms with Gasteiger partial charge in [-0.05, 0) is 50.9 Å². The molecule has 2 fully saturated rings. The molecular formula is C19H26ClN5O2S. The number of nitrogens with zero attached hydrogens (tertiary/aromatic N) is 5. The molecule has 28 heavy (non-hydrogen) atoms. The quantitative estimate of drug-likeness (QED) is 0.739. The van der Waals surface area contributed by atoms with Gasteiger partial charge in [-0.2, -0.15) is 0 Å². The summed E-state index contributed by atoms with van der Waals surface area (Å²) in [5.74, 6) is 1.01. The molecule has 0 aromatic carbocycles. The van der Waals surface area contributed by atoms with E-state index in [0.717, 1.165) is 38.2 Å². The second kappa shape index (κ2) is 8.10. The van der Waals surface area contributed by atoms with Gasteiger partial charge in [0.05, 0.1) is 33.3 Å². The summed E-state index contributed by atoms with van der Waals surface area (Å²) in [6.07, 6.45) is 4.00. The monoisotopic (exact) mass is 423 g/mol. The summed E-state index contributed by atoms with van der Waals surface area (Å²) >= 11 is 7.35. The Morgan fingerprint density at radius 2 is 2.07 bits per heavy atom. The van der Waals surface area contributed by atoms with Crippen LogP contribution in [-0.4, -0.2) is 71.1 Å². The molecule has 4 atom stereocenters. The Kier molecular flexibility index (Phi) is 5.73. The molecule has 3 heterocycles. The Morgan fingerprint density at radius 3 is 2.71 bits per heavy atom. The van der Waals surface area contributed by atoms with E-state index in [0.29, 0.717) is 21.0 Å². The van der Waals surface area contributed by atoms with Gasteiger partial charge in [0, 0.05) is 26.7 Å². The molecular weight excluding hydrogens is 398 g/mol. The number of amides is 1. The zero-order valence-electron chi connectivity index (χ0n) is 16.4. The molecule has 1 saturated carbocycles. The van der Waals surface area contributed by atoms with Crippen LogP contribution in [0.15, 0.2) is 18.3 Å². The number of carbonyl (C=O) groups excluding carboxylic acids is 1. The lowest BCUT2D eigenvalue weighted by molar-refractivity contribution is -0.00547. The third-order valence-electron chi connectivity index (χ3n) is 5.83. The maximum absolute atomic E-state index is 12.8. The number of halogens is 1. The van der Waals surface area contributed by atoms with Crippen molar-refractivity contribution in [1.29, 1.82) is 0 Å². The van der Waals surface area contributed by atoms with Crippen LogP contribution in [0, 0.1) is 11.8 Å². The van der Waals surface area contributed by atoms with Crippen molar-refractivity contribution < 1.29 is 9.53 Å². The minimum absolute atomic E-state index is 0.0846. The van der Waals surface area contributed by atoms with Crippen LogP contribution in [0.3, 0.4) is 0 Å². The zero-order valence-corrected chi connectivity index (χ0v) is 18.0. The van der Waals surface area contributed by atoms with Crippen molar-refractivity contribution >= 4 is 28.8 Å². The second-order valence-electron chi connectivity index (χ2n) is 8.07. The number of likely N-dealkylation sites (tertiary alicyclic amines) is 1. The molecule has 1 aliphatic heterocycles. The van der Waals surface area contributed by atoms with Crippen LogP contribution in [0.5, 0.6) is 0 Å². The molecule has 0 radical (unpaired) electrons. The fourth-order valence-electron chi connectivity index (χ4n) is 4.54. The normalized spacial score (nSPS) is 27.4. The van der Waals surface area contributed by atoms with Crippen molar-refractivity contribution in [1.82, 2.24) is 24.8 Å². The number of aromatic nitrogens is 3. The van der Waals surface area contributed by atoms with Crippen molar-refractivity contribution in [2.75, 3.05) is 34.3 Å². The first-order chi connectivity index (χ1) is 13.4. The van der Waals surface area contributed by atoms with Crippen molar-refractivity contribution in [3.63, 3.8) is 0 Å². The van der Waals surface area contributed by atoms with Gasteiger partial charge in [0.25, 0.3) is 5.91 Å². The van der Waals surface area contributed by atoms with Crippen LogP contribution < -0.4 is 0 Å². The molecule has 1 saturated heterocycles. The summed E-state index contributed by atoms with van der Waals surface area (Å²) < 4.78 is 8.44. The Hall–Kier alpha value is -1.48. The molecule has 4 rings (SSSR count). The first-order valence-electron chi connectivity index (χ1n) is 9.57. The molecule has 0 N–H and O–H groups in total. The van der Waals surface area contributed by atoms with E-state index >= 15 is 0 Å². The Labute approximate surface area is 174 Å². The van der Waals surface area contributed by atoms with Crippen molar-refractivity contribution in [2.24, 2.45) is 11.8 Å². The predicted molar refractivity (Wildman–Crippen MR) is 109 cm³/mol. The third kappa shape index (κ3) is 3.96. The summed E-state index contributed by atoms with van der Waals surface area (Å²) in [6, 6.07) is 3.76. The minimum Gasteiger partial charge on any atom is -0.379 e. The van der Waals surface area contributed by atoms with Gasteiger partial charge in [0.15, 0.2) is 0 Å². The molecule has 2 aromatic heterocycles. The third-order valence-corrected chi connectivity index (χ3v) is 7.05. The molecule has 2 aromatic rings. The molecule has 7 nitrogen and oxygen atoms in total. The van der Waals surface area contributed by atoms with Crippen molar-refractivity contribution in [3.05, 3.63) is 33.2 Å². The lowest BCUT2D eigenvalue weighted by Gasteiger charge is -2.36. The molecule has 0 unspecified atom stereocenters. The maximum Gasteiger partial charge on any atom is 0.263 e. The molecule has 9 heteroatoms. The lowest BCUT2D eigenvalue weighted by atomic mass is 9.77. The van der Waals surface area contributed by atoms with Gasteiger partial charge in [-0.25, -0.2) is 4.68 Å². The fraction of sp³-hybridized carbons (Fsp3) is 0.632. The number of hydrogen-bond donors (Lipinski definition) is 0. The van der Waals surface area contributed by atoms with Gasteiger partial charge in [-0.3, -0.25) is 4.79 Å².